The quantitative estimate of drug-likeness (QED) is 0.820. The molecule has 2 rings (SSSR count). The van der Waals surface area contributed by atoms with E-state index in [9.17, 15) is 4.39 Å². The molecule has 1 saturated carbocycles. The summed E-state index contributed by atoms with van der Waals surface area (Å²) in [4.78, 5) is 9.91. The van der Waals surface area contributed by atoms with E-state index in [2.05, 4.69) is 15.3 Å². The molecule has 4 nitrogen and oxygen atoms in total. The Morgan fingerprint density at radius 2 is 2.33 bits per heavy atom. The standard InChI is InChI=1S/C10H15FN4/c1-3-12-10-13-6-8(11)9(14-10)15(2)7-4-5-7/h6-7H,3-5H2,1-2H3,(H,12,13,14). The van der Waals surface area contributed by atoms with Crippen LogP contribution < -0.4 is 10.2 Å². The first-order valence-electron chi connectivity index (χ1n) is 5.21. The van der Waals surface area contributed by atoms with Crippen molar-refractivity contribution in [1.29, 1.82) is 0 Å². The molecule has 0 aliphatic heterocycles. The van der Waals surface area contributed by atoms with E-state index < -0.39 is 0 Å². The minimum Gasteiger partial charge on any atom is -0.354 e. The summed E-state index contributed by atoms with van der Waals surface area (Å²) in [7, 11) is 1.87. The van der Waals surface area contributed by atoms with Gasteiger partial charge in [-0.15, -0.1) is 0 Å². The molecular formula is C10H15FN4. The van der Waals surface area contributed by atoms with Gasteiger partial charge in [-0.1, -0.05) is 0 Å². The largest absolute Gasteiger partial charge is 0.354 e. The monoisotopic (exact) mass is 210 g/mol. The summed E-state index contributed by atoms with van der Waals surface area (Å²) < 4.78 is 13.5. The molecule has 0 saturated heterocycles. The molecule has 0 amide bonds. The zero-order chi connectivity index (χ0) is 10.8. The van der Waals surface area contributed by atoms with Crippen LogP contribution in [0, 0.1) is 5.82 Å². The third kappa shape index (κ3) is 2.16. The predicted molar refractivity (Wildman–Crippen MR) is 57.6 cm³/mol. The van der Waals surface area contributed by atoms with Crippen molar-refractivity contribution in [3.05, 3.63) is 12.0 Å². The van der Waals surface area contributed by atoms with Crippen molar-refractivity contribution >= 4 is 11.8 Å². The zero-order valence-electron chi connectivity index (χ0n) is 9.00. The lowest BCUT2D eigenvalue weighted by Crippen LogP contribution is -2.22. The number of anilines is 2. The highest BCUT2D eigenvalue weighted by Gasteiger charge is 2.29. The van der Waals surface area contributed by atoms with Gasteiger partial charge in [0.2, 0.25) is 5.95 Å². The molecule has 1 fully saturated rings. The fraction of sp³-hybridized carbons (Fsp3) is 0.600. The van der Waals surface area contributed by atoms with Gasteiger partial charge in [0.05, 0.1) is 6.20 Å². The number of hydrogen-bond acceptors (Lipinski definition) is 4. The second-order valence-electron chi connectivity index (χ2n) is 3.74. The molecular weight excluding hydrogens is 195 g/mol. The van der Waals surface area contributed by atoms with Crippen LogP contribution in [0.4, 0.5) is 16.2 Å². The summed E-state index contributed by atoms with van der Waals surface area (Å²) in [6, 6.07) is 0.448. The van der Waals surface area contributed by atoms with E-state index in [-0.39, 0.29) is 5.82 Å². The van der Waals surface area contributed by atoms with E-state index in [1.807, 2.05) is 18.9 Å². The van der Waals surface area contributed by atoms with E-state index in [0.29, 0.717) is 17.8 Å². The maximum Gasteiger partial charge on any atom is 0.224 e. The Morgan fingerprint density at radius 1 is 1.60 bits per heavy atom. The first-order valence-corrected chi connectivity index (χ1v) is 5.21. The highest BCUT2D eigenvalue weighted by Crippen LogP contribution is 2.30. The molecule has 0 aromatic carbocycles. The third-order valence-corrected chi connectivity index (χ3v) is 2.49. The van der Waals surface area contributed by atoms with Gasteiger partial charge in [-0.05, 0) is 19.8 Å². The van der Waals surface area contributed by atoms with E-state index in [0.717, 1.165) is 19.4 Å². The highest BCUT2D eigenvalue weighted by molar-refractivity contribution is 5.45. The first-order chi connectivity index (χ1) is 7.22. The van der Waals surface area contributed by atoms with Crippen LogP contribution >= 0.6 is 0 Å². The lowest BCUT2D eigenvalue weighted by molar-refractivity contribution is 0.607. The molecule has 0 unspecified atom stereocenters. The van der Waals surface area contributed by atoms with Crippen LogP contribution in [0.3, 0.4) is 0 Å². The van der Waals surface area contributed by atoms with Gasteiger partial charge in [-0.2, -0.15) is 4.98 Å². The van der Waals surface area contributed by atoms with Crippen molar-refractivity contribution in [1.82, 2.24) is 9.97 Å². The SMILES string of the molecule is CCNc1ncc(F)c(N(C)C2CC2)n1. The number of rotatable bonds is 4. The highest BCUT2D eigenvalue weighted by atomic mass is 19.1. The molecule has 5 heteroatoms. The van der Waals surface area contributed by atoms with E-state index in [1.54, 1.807) is 0 Å². The van der Waals surface area contributed by atoms with Crippen LogP contribution in [-0.4, -0.2) is 29.6 Å². The molecule has 0 bridgehead atoms. The van der Waals surface area contributed by atoms with Gasteiger partial charge >= 0.3 is 0 Å². The molecule has 0 atom stereocenters. The smallest absolute Gasteiger partial charge is 0.224 e. The molecule has 1 aliphatic carbocycles. The average Bonchev–Trinajstić information content (AvgIpc) is 3.04. The molecule has 0 radical (unpaired) electrons. The number of nitrogens with one attached hydrogen (secondary N) is 1. The fourth-order valence-corrected chi connectivity index (χ4v) is 1.48. The van der Waals surface area contributed by atoms with E-state index in [1.165, 1.54) is 6.20 Å². The second kappa shape index (κ2) is 4.00. The Morgan fingerprint density at radius 3 is 2.93 bits per heavy atom. The van der Waals surface area contributed by atoms with Gasteiger partial charge in [0.25, 0.3) is 0 Å². The second-order valence-corrected chi connectivity index (χ2v) is 3.74. The van der Waals surface area contributed by atoms with Gasteiger partial charge in [-0.3, -0.25) is 0 Å². The summed E-state index contributed by atoms with van der Waals surface area (Å²) in [5.41, 5.74) is 0. The minimum absolute atomic E-state index is 0.356. The van der Waals surface area contributed by atoms with Gasteiger partial charge in [0.1, 0.15) is 0 Å². The van der Waals surface area contributed by atoms with Crippen molar-refractivity contribution in [3.8, 4) is 0 Å². The number of aromatic nitrogens is 2. The normalized spacial score (nSPS) is 15.1. The van der Waals surface area contributed by atoms with Crippen molar-refractivity contribution in [2.45, 2.75) is 25.8 Å². The lowest BCUT2D eigenvalue weighted by Gasteiger charge is -2.18. The molecule has 1 N–H and O–H groups in total. The Bertz CT molecular complexity index is 351. The Labute approximate surface area is 88.5 Å². The molecule has 1 heterocycles. The molecule has 0 spiro atoms. The topological polar surface area (TPSA) is 41.1 Å². The van der Waals surface area contributed by atoms with E-state index in [4.69, 9.17) is 0 Å². The summed E-state index contributed by atoms with van der Waals surface area (Å²) in [6.45, 7) is 2.69. The number of nitrogens with zero attached hydrogens (tertiary/aromatic N) is 3. The van der Waals surface area contributed by atoms with Crippen LogP contribution in [0.2, 0.25) is 0 Å². The predicted octanol–water partition coefficient (Wildman–Crippen LogP) is 1.65. The number of hydrogen-bond donors (Lipinski definition) is 1. The lowest BCUT2D eigenvalue weighted by atomic mass is 10.4. The van der Waals surface area contributed by atoms with Gasteiger partial charge in [0.15, 0.2) is 11.6 Å². The van der Waals surface area contributed by atoms with Crippen LogP contribution in [-0.2, 0) is 0 Å². The van der Waals surface area contributed by atoms with Gasteiger partial charge in [0, 0.05) is 19.6 Å². The maximum atomic E-state index is 13.5. The van der Waals surface area contributed by atoms with Gasteiger partial charge in [-0.25, -0.2) is 9.37 Å². The minimum atomic E-state index is -0.356. The molecule has 1 aromatic heterocycles. The Hall–Kier alpha value is -1.39. The summed E-state index contributed by atoms with van der Waals surface area (Å²) >= 11 is 0. The van der Waals surface area contributed by atoms with Crippen LogP contribution in [0.25, 0.3) is 0 Å². The first kappa shape index (κ1) is 10.1. The Kier molecular flexibility index (Phi) is 2.70. The maximum absolute atomic E-state index is 13.5. The Balaban J connectivity index is 2.23. The van der Waals surface area contributed by atoms with Crippen LogP contribution in [0.1, 0.15) is 19.8 Å². The molecule has 82 valence electrons. The average molecular weight is 210 g/mol. The summed E-state index contributed by atoms with van der Waals surface area (Å²) in [5, 5.41) is 2.97. The van der Waals surface area contributed by atoms with Crippen molar-refractivity contribution < 1.29 is 4.39 Å². The van der Waals surface area contributed by atoms with Crippen molar-refractivity contribution in [2.24, 2.45) is 0 Å². The number of halogens is 1. The molecule has 15 heavy (non-hydrogen) atoms. The zero-order valence-corrected chi connectivity index (χ0v) is 9.00. The summed E-state index contributed by atoms with van der Waals surface area (Å²) in [6.07, 6.45) is 3.46. The third-order valence-electron chi connectivity index (χ3n) is 2.49. The van der Waals surface area contributed by atoms with Crippen molar-refractivity contribution in [3.63, 3.8) is 0 Å². The van der Waals surface area contributed by atoms with Gasteiger partial charge < -0.3 is 10.2 Å². The van der Waals surface area contributed by atoms with Crippen molar-refractivity contribution in [2.75, 3.05) is 23.8 Å². The molecule has 1 aromatic rings. The van der Waals surface area contributed by atoms with Crippen LogP contribution in [0.15, 0.2) is 6.20 Å². The van der Waals surface area contributed by atoms with Crippen LogP contribution in [0.5, 0.6) is 0 Å². The van der Waals surface area contributed by atoms with E-state index >= 15 is 0 Å². The summed E-state index contributed by atoms with van der Waals surface area (Å²) in [5.74, 6) is 0.524. The molecule has 1 aliphatic rings. The fourth-order valence-electron chi connectivity index (χ4n) is 1.48.